The van der Waals surface area contributed by atoms with Crippen LogP contribution in [-0.2, 0) is 14.9 Å². The number of carbonyl (C=O) groups is 1. The molecule has 2 N–H and O–H groups in total. The van der Waals surface area contributed by atoms with Gasteiger partial charge in [-0.1, -0.05) is 0 Å². The number of hydrogen-bond acceptors (Lipinski definition) is 5. The van der Waals surface area contributed by atoms with Crippen molar-refractivity contribution in [1.29, 1.82) is 0 Å². The first-order valence-electron chi connectivity index (χ1n) is 5.11. The van der Waals surface area contributed by atoms with E-state index in [1.807, 2.05) is 0 Å². The standard InChI is InChI=1S/C9H20N2O5S/c1-7(2)16-8(12)10-17(14,15)11(5)6-9(3,4)13/h7,13H,6H2,1-5H3,(H,10,12). The molecule has 0 rings (SSSR count). The molecule has 0 aliphatic carbocycles. The van der Waals surface area contributed by atoms with E-state index in [0.717, 1.165) is 4.31 Å². The molecule has 0 heterocycles. The van der Waals surface area contributed by atoms with E-state index in [1.165, 1.54) is 20.9 Å². The summed E-state index contributed by atoms with van der Waals surface area (Å²) in [6.07, 6.45) is -1.45. The van der Waals surface area contributed by atoms with Crippen LogP contribution in [0.15, 0.2) is 0 Å². The highest BCUT2D eigenvalue weighted by Gasteiger charge is 2.26. The van der Waals surface area contributed by atoms with Gasteiger partial charge in [-0.15, -0.1) is 0 Å². The molecule has 8 heteroatoms. The summed E-state index contributed by atoms with van der Waals surface area (Å²) in [7, 11) is -2.74. The fraction of sp³-hybridized carbons (Fsp3) is 0.889. The first kappa shape index (κ1) is 16.1. The van der Waals surface area contributed by atoms with Crippen LogP contribution in [0.1, 0.15) is 27.7 Å². The summed E-state index contributed by atoms with van der Waals surface area (Å²) >= 11 is 0. The minimum Gasteiger partial charge on any atom is -0.446 e. The van der Waals surface area contributed by atoms with Gasteiger partial charge in [0.25, 0.3) is 0 Å². The van der Waals surface area contributed by atoms with E-state index in [0.29, 0.717) is 0 Å². The predicted molar refractivity (Wildman–Crippen MR) is 62.6 cm³/mol. The Labute approximate surface area is 102 Å². The van der Waals surface area contributed by atoms with Crippen molar-refractivity contribution in [2.24, 2.45) is 0 Å². The van der Waals surface area contributed by atoms with Gasteiger partial charge >= 0.3 is 16.3 Å². The molecule has 0 radical (unpaired) electrons. The third kappa shape index (κ3) is 7.14. The van der Waals surface area contributed by atoms with Crippen LogP contribution in [0.2, 0.25) is 0 Å². The molecule has 1 amide bonds. The van der Waals surface area contributed by atoms with Crippen molar-refractivity contribution >= 4 is 16.3 Å². The van der Waals surface area contributed by atoms with Crippen molar-refractivity contribution < 1.29 is 23.1 Å². The lowest BCUT2D eigenvalue weighted by atomic mass is 10.1. The van der Waals surface area contributed by atoms with Crippen LogP contribution in [0.4, 0.5) is 4.79 Å². The molecule has 0 aliphatic heterocycles. The van der Waals surface area contributed by atoms with Gasteiger partial charge in [-0.3, -0.25) is 0 Å². The van der Waals surface area contributed by atoms with Crippen LogP contribution in [0.25, 0.3) is 0 Å². The van der Waals surface area contributed by atoms with E-state index in [9.17, 15) is 18.3 Å². The highest BCUT2D eigenvalue weighted by molar-refractivity contribution is 7.87. The molecule has 0 atom stereocenters. The van der Waals surface area contributed by atoms with Gasteiger partial charge in [-0.25, -0.2) is 9.52 Å². The lowest BCUT2D eigenvalue weighted by Gasteiger charge is -2.24. The van der Waals surface area contributed by atoms with Gasteiger partial charge in [-0.2, -0.15) is 12.7 Å². The summed E-state index contributed by atoms with van der Waals surface area (Å²) < 4.78 is 30.4. The van der Waals surface area contributed by atoms with Crippen molar-refractivity contribution in [3.63, 3.8) is 0 Å². The van der Waals surface area contributed by atoms with Crippen molar-refractivity contribution in [2.45, 2.75) is 39.4 Å². The van der Waals surface area contributed by atoms with Gasteiger partial charge in [0.1, 0.15) is 0 Å². The Morgan fingerprint density at radius 3 is 2.29 bits per heavy atom. The highest BCUT2D eigenvalue weighted by atomic mass is 32.2. The average Bonchev–Trinajstić information content (AvgIpc) is 1.96. The molecule has 0 spiro atoms. The van der Waals surface area contributed by atoms with Gasteiger partial charge in [-0.05, 0) is 27.7 Å². The van der Waals surface area contributed by atoms with Gasteiger partial charge in [0.2, 0.25) is 0 Å². The van der Waals surface area contributed by atoms with Crippen LogP contribution in [0.5, 0.6) is 0 Å². The first-order valence-corrected chi connectivity index (χ1v) is 6.55. The number of nitrogens with one attached hydrogen (secondary N) is 1. The molecule has 7 nitrogen and oxygen atoms in total. The maximum Gasteiger partial charge on any atom is 0.422 e. The smallest absolute Gasteiger partial charge is 0.422 e. The van der Waals surface area contributed by atoms with E-state index in [2.05, 4.69) is 4.74 Å². The molecule has 0 aromatic rings. The summed E-state index contributed by atoms with van der Waals surface area (Å²) in [5.41, 5.74) is -1.19. The maximum atomic E-state index is 11.6. The number of amides is 1. The molecule has 0 aromatic carbocycles. The number of aliphatic hydroxyl groups is 1. The van der Waals surface area contributed by atoms with Gasteiger partial charge in [0.05, 0.1) is 11.7 Å². The van der Waals surface area contributed by atoms with E-state index in [4.69, 9.17) is 0 Å². The fourth-order valence-corrected chi connectivity index (χ4v) is 1.95. The Morgan fingerprint density at radius 1 is 1.47 bits per heavy atom. The minimum absolute atomic E-state index is 0.142. The molecule has 0 aliphatic rings. The Morgan fingerprint density at radius 2 is 1.94 bits per heavy atom. The SMILES string of the molecule is CC(C)OC(=O)NS(=O)(=O)N(C)CC(C)(C)O. The summed E-state index contributed by atoms with van der Waals surface area (Å²) in [4.78, 5) is 11.1. The monoisotopic (exact) mass is 268 g/mol. The Bertz CT molecular complexity index is 358. The average molecular weight is 268 g/mol. The first-order chi connectivity index (χ1) is 7.44. The lowest BCUT2D eigenvalue weighted by molar-refractivity contribution is 0.0633. The third-order valence-corrected chi connectivity index (χ3v) is 2.95. The zero-order chi connectivity index (χ0) is 13.9. The molecular formula is C9H20N2O5S. The van der Waals surface area contributed by atoms with Crippen LogP contribution >= 0.6 is 0 Å². The summed E-state index contributed by atoms with van der Waals surface area (Å²) in [5, 5.41) is 9.48. The van der Waals surface area contributed by atoms with E-state index < -0.39 is 28.0 Å². The zero-order valence-corrected chi connectivity index (χ0v) is 11.5. The second kappa shape index (κ2) is 5.65. The molecule has 17 heavy (non-hydrogen) atoms. The minimum atomic E-state index is -3.99. The molecule has 0 saturated heterocycles. The largest absolute Gasteiger partial charge is 0.446 e. The molecule has 0 unspecified atom stereocenters. The maximum absolute atomic E-state index is 11.6. The number of nitrogens with zero attached hydrogens (tertiary/aromatic N) is 1. The Hall–Kier alpha value is -0.860. The molecule has 0 bridgehead atoms. The zero-order valence-electron chi connectivity index (χ0n) is 10.7. The van der Waals surface area contributed by atoms with Crippen molar-refractivity contribution in [1.82, 2.24) is 9.03 Å². The number of ether oxygens (including phenoxy) is 1. The normalized spacial score (nSPS) is 12.9. The number of hydrogen-bond donors (Lipinski definition) is 2. The number of carbonyl (C=O) groups excluding carboxylic acids is 1. The van der Waals surface area contributed by atoms with E-state index >= 15 is 0 Å². The number of rotatable bonds is 5. The van der Waals surface area contributed by atoms with Crippen LogP contribution in [-0.4, -0.2) is 49.2 Å². The van der Waals surface area contributed by atoms with Crippen LogP contribution in [0.3, 0.4) is 0 Å². The topological polar surface area (TPSA) is 95.9 Å². The molecule has 0 aromatic heterocycles. The summed E-state index contributed by atoms with van der Waals surface area (Å²) in [5.74, 6) is 0. The quantitative estimate of drug-likeness (QED) is 0.735. The second-order valence-corrected chi connectivity index (χ2v) is 6.41. The Balaban J connectivity index is 4.53. The van der Waals surface area contributed by atoms with Crippen LogP contribution < -0.4 is 4.72 Å². The van der Waals surface area contributed by atoms with Gasteiger partial charge < -0.3 is 9.84 Å². The predicted octanol–water partition coefficient (Wildman–Crippen LogP) is 0.0685. The van der Waals surface area contributed by atoms with Crippen LogP contribution in [0, 0.1) is 0 Å². The molecule has 0 saturated carbocycles. The van der Waals surface area contributed by atoms with E-state index in [1.54, 1.807) is 18.6 Å². The van der Waals surface area contributed by atoms with Gasteiger partial charge in [0.15, 0.2) is 0 Å². The molecule has 0 fully saturated rings. The summed E-state index contributed by atoms with van der Waals surface area (Å²) in [6, 6.07) is 0. The summed E-state index contributed by atoms with van der Waals surface area (Å²) in [6.45, 7) is 5.99. The Kier molecular flexibility index (Phi) is 5.37. The molecular weight excluding hydrogens is 248 g/mol. The second-order valence-electron chi connectivity index (χ2n) is 4.63. The number of likely N-dealkylation sites (N-methyl/N-ethyl adjacent to an activating group) is 1. The van der Waals surface area contributed by atoms with Crippen molar-refractivity contribution in [3.05, 3.63) is 0 Å². The van der Waals surface area contributed by atoms with E-state index in [-0.39, 0.29) is 6.54 Å². The lowest BCUT2D eigenvalue weighted by Crippen LogP contribution is -2.47. The van der Waals surface area contributed by atoms with Crippen molar-refractivity contribution in [2.75, 3.05) is 13.6 Å². The molecule has 102 valence electrons. The fourth-order valence-electron chi connectivity index (χ4n) is 1.05. The highest BCUT2D eigenvalue weighted by Crippen LogP contribution is 2.06. The third-order valence-electron chi connectivity index (χ3n) is 1.57. The van der Waals surface area contributed by atoms with Crippen molar-refractivity contribution in [3.8, 4) is 0 Å². The van der Waals surface area contributed by atoms with Gasteiger partial charge in [0, 0.05) is 13.6 Å².